The highest BCUT2D eigenvalue weighted by molar-refractivity contribution is 5.99. The van der Waals surface area contributed by atoms with Gasteiger partial charge in [-0.3, -0.25) is 14.6 Å². The van der Waals surface area contributed by atoms with Crippen molar-refractivity contribution >= 4 is 17.6 Å². The van der Waals surface area contributed by atoms with Crippen LogP contribution in [0.4, 0.5) is 5.69 Å². The highest BCUT2D eigenvalue weighted by Gasteiger charge is 2.25. The van der Waals surface area contributed by atoms with Gasteiger partial charge in [0.25, 0.3) is 0 Å². The van der Waals surface area contributed by atoms with Gasteiger partial charge in [0, 0.05) is 18.8 Å². The topological polar surface area (TPSA) is 70.5 Å². The second-order valence-corrected chi connectivity index (χ2v) is 3.38. The van der Waals surface area contributed by atoms with E-state index in [1.54, 1.807) is 18.5 Å². The van der Waals surface area contributed by atoms with E-state index in [4.69, 9.17) is 5.11 Å². The van der Waals surface area contributed by atoms with Gasteiger partial charge in [0.1, 0.15) is 6.54 Å². The molecule has 0 spiro atoms. The van der Waals surface area contributed by atoms with Gasteiger partial charge >= 0.3 is 5.97 Å². The van der Waals surface area contributed by atoms with Crippen LogP contribution < -0.4 is 4.90 Å². The molecule has 15 heavy (non-hydrogen) atoms. The van der Waals surface area contributed by atoms with Gasteiger partial charge in [0.15, 0.2) is 0 Å². The summed E-state index contributed by atoms with van der Waals surface area (Å²) < 4.78 is 0. The fourth-order valence-corrected chi connectivity index (χ4v) is 1.70. The van der Waals surface area contributed by atoms with E-state index < -0.39 is 5.97 Å². The molecular formula is C10H10N2O3. The van der Waals surface area contributed by atoms with Crippen LogP contribution in [-0.2, 0) is 16.0 Å². The summed E-state index contributed by atoms with van der Waals surface area (Å²) in [5.41, 5.74) is 1.60. The molecular weight excluding hydrogens is 196 g/mol. The monoisotopic (exact) mass is 206 g/mol. The quantitative estimate of drug-likeness (QED) is 0.762. The smallest absolute Gasteiger partial charge is 0.323 e. The number of carbonyl (C=O) groups excluding carboxylic acids is 1. The van der Waals surface area contributed by atoms with Crippen LogP contribution in [0.15, 0.2) is 18.5 Å². The number of carbonyl (C=O) groups is 2. The number of hydrogen-bond acceptors (Lipinski definition) is 3. The van der Waals surface area contributed by atoms with E-state index in [1.807, 2.05) is 0 Å². The molecule has 0 aliphatic carbocycles. The molecule has 1 N–H and O–H groups in total. The van der Waals surface area contributed by atoms with Gasteiger partial charge < -0.3 is 10.0 Å². The highest BCUT2D eigenvalue weighted by atomic mass is 16.4. The Balaban J connectivity index is 2.37. The molecule has 0 bridgehead atoms. The summed E-state index contributed by atoms with van der Waals surface area (Å²) in [6.45, 7) is -0.282. The van der Waals surface area contributed by atoms with Crippen LogP contribution in [0.3, 0.4) is 0 Å². The Morgan fingerprint density at radius 3 is 3.07 bits per heavy atom. The molecule has 5 heteroatoms. The standard InChI is InChI=1S/C10H10N2O3/c13-9-2-1-7-5-11-4-3-8(7)12(9)6-10(14)15/h3-5H,1-2,6H2,(H,14,15). The number of aliphatic carboxylic acids is 1. The van der Waals surface area contributed by atoms with Crippen LogP contribution in [0.1, 0.15) is 12.0 Å². The summed E-state index contributed by atoms with van der Waals surface area (Å²) in [7, 11) is 0. The molecule has 0 saturated carbocycles. The van der Waals surface area contributed by atoms with Gasteiger partial charge in [0.05, 0.1) is 5.69 Å². The van der Waals surface area contributed by atoms with Gasteiger partial charge in [-0.25, -0.2) is 0 Å². The lowest BCUT2D eigenvalue weighted by atomic mass is 10.0. The fraction of sp³-hybridized carbons (Fsp3) is 0.300. The molecule has 1 aromatic heterocycles. The maximum absolute atomic E-state index is 11.5. The first-order valence-corrected chi connectivity index (χ1v) is 4.63. The van der Waals surface area contributed by atoms with Crippen molar-refractivity contribution in [3.63, 3.8) is 0 Å². The fourth-order valence-electron chi connectivity index (χ4n) is 1.70. The third-order valence-corrected chi connectivity index (χ3v) is 2.37. The zero-order valence-electron chi connectivity index (χ0n) is 8.01. The predicted molar refractivity (Wildman–Crippen MR) is 52.5 cm³/mol. The van der Waals surface area contributed by atoms with Gasteiger partial charge in [-0.2, -0.15) is 0 Å². The molecule has 2 rings (SSSR count). The predicted octanol–water partition coefficient (Wildman–Crippen LogP) is 0.445. The molecule has 0 aromatic carbocycles. The van der Waals surface area contributed by atoms with Crippen molar-refractivity contribution in [1.29, 1.82) is 0 Å². The number of pyridine rings is 1. The van der Waals surface area contributed by atoms with Gasteiger partial charge in [-0.05, 0) is 18.1 Å². The SMILES string of the molecule is O=C(O)CN1C(=O)CCc2cnccc21. The lowest BCUT2D eigenvalue weighted by molar-refractivity contribution is -0.136. The molecule has 78 valence electrons. The Morgan fingerprint density at radius 2 is 2.33 bits per heavy atom. The molecule has 1 aliphatic rings. The molecule has 0 radical (unpaired) electrons. The van der Waals surface area contributed by atoms with Crippen LogP contribution in [0.2, 0.25) is 0 Å². The molecule has 0 fully saturated rings. The third-order valence-electron chi connectivity index (χ3n) is 2.37. The summed E-state index contributed by atoms with van der Waals surface area (Å²) >= 11 is 0. The van der Waals surface area contributed by atoms with Crippen molar-refractivity contribution in [2.45, 2.75) is 12.8 Å². The number of carboxylic acid groups (broad SMARTS) is 1. The Morgan fingerprint density at radius 1 is 1.53 bits per heavy atom. The largest absolute Gasteiger partial charge is 0.480 e. The average Bonchev–Trinajstić information content (AvgIpc) is 2.22. The van der Waals surface area contributed by atoms with Gasteiger partial charge in [-0.15, -0.1) is 0 Å². The van der Waals surface area contributed by atoms with E-state index in [1.165, 1.54) is 4.90 Å². The Hall–Kier alpha value is -1.91. The van der Waals surface area contributed by atoms with Crippen molar-refractivity contribution < 1.29 is 14.7 Å². The van der Waals surface area contributed by atoms with Crippen LogP contribution in [0.5, 0.6) is 0 Å². The zero-order valence-corrected chi connectivity index (χ0v) is 8.01. The molecule has 0 saturated heterocycles. The molecule has 1 amide bonds. The Kier molecular flexibility index (Phi) is 2.37. The minimum absolute atomic E-state index is 0.142. The second-order valence-electron chi connectivity index (χ2n) is 3.38. The van der Waals surface area contributed by atoms with Crippen molar-refractivity contribution in [2.75, 3.05) is 11.4 Å². The average molecular weight is 206 g/mol. The Labute approximate surface area is 86.3 Å². The van der Waals surface area contributed by atoms with E-state index in [0.717, 1.165) is 5.56 Å². The van der Waals surface area contributed by atoms with Crippen molar-refractivity contribution in [3.05, 3.63) is 24.0 Å². The summed E-state index contributed by atoms with van der Waals surface area (Å²) in [6, 6.07) is 1.68. The normalized spacial score (nSPS) is 14.9. The minimum Gasteiger partial charge on any atom is -0.480 e. The highest BCUT2D eigenvalue weighted by Crippen LogP contribution is 2.26. The summed E-state index contributed by atoms with van der Waals surface area (Å²) in [5, 5.41) is 8.70. The number of carboxylic acids is 1. The number of rotatable bonds is 2. The van der Waals surface area contributed by atoms with Crippen molar-refractivity contribution in [3.8, 4) is 0 Å². The molecule has 0 atom stereocenters. The second kappa shape index (κ2) is 3.68. The Bertz CT molecular complexity index is 417. The number of aromatic nitrogens is 1. The number of anilines is 1. The summed E-state index contributed by atoms with van der Waals surface area (Å²) in [6.07, 6.45) is 4.23. The number of fused-ring (bicyclic) bond motifs is 1. The van der Waals surface area contributed by atoms with E-state index in [-0.39, 0.29) is 12.5 Å². The van der Waals surface area contributed by atoms with Crippen LogP contribution >= 0.6 is 0 Å². The van der Waals surface area contributed by atoms with E-state index in [0.29, 0.717) is 18.5 Å². The van der Waals surface area contributed by atoms with Crippen LogP contribution in [0.25, 0.3) is 0 Å². The maximum Gasteiger partial charge on any atom is 0.323 e. The first kappa shape index (κ1) is 9.64. The van der Waals surface area contributed by atoms with E-state index in [9.17, 15) is 9.59 Å². The summed E-state index contributed by atoms with van der Waals surface area (Å²) in [4.78, 5) is 27.4. The van der Waals surface area contributed by atoms with E-state index >= 15 is 0 Å². The molecule has 0 unspecified atom stereocenters. The molecule has 1 aliphatic heterocycles. The number of aryl methyl sites for hydroxylation is 1. The number of hydrogen-bond donors (Lipinski definition) is 1. The van der Waals surface area contributed by atoms with Gasteiger partial charge in [0.2, 0.25) is 5.91 Å². The van der Waals surface area contributed by atoms with E-state index in [2.05, 4.69) is 4.98 Å². The lowest BCUT2D eigenvalue weighted by Crippen LogP contribution is -2.38. The zero-order chi connectivity index (χ0) is 10.8. The third kappa shape index (κ3) is 1.81. The number of amides is 1. The van der Waals surface area contributed by atoms with Crippen LogP contribution in [0, 0.1) is 0 Å². The maximum atomic E-state index is 11.5. The molecule has 1 aromatic rings. The first-order valence-electron chi connectivity index (χ1n) is 4.63. The van der Waals surface area contributed by atoms with Gasteiger partial charge in [-0.1, -0.05) is 0 Å². The first-order chi connectivity index (χ1) is 7.18. The molecule has 5 nitrogen and oxygen atoms in total. The minimum atomic E-state index is -1.01. The lowest BCUT2D eigenvalue weighted by Gasteiger charge is -2.27. The van der Waals surface area contributed by atoms with Crippen LogP contribution in [-0.4, -0.2) is 28.5 Å². The number of nitrogens with zero attached hydrogens (tertiary/aromatic N) is 2. The van der Waals surface area contributed by atoms with Crippen molar-refractivity contribution in [2.24, 2.45) is 0 Å². The van der Waals surface area contributed by atoms with Crippen molar-refractivity contribution in [1.82, 2.24) is 4.98 Å². The molecule has 2 heterocycles. The summed E-state index contributed by atoms with van der Waals surface area (Å²) in [5.74, 6) is -1.15.